The highest BCUT2D eigenvalue weighted by molar-refractivity contribution is 5.16. The topological polar surface area (TPSA) is 32.3 Å². The molecular formula is C14H21F3N4. The van der Waals surface area contributed by atoms with Gasteiger partial charge in [-0.15, -0.1) is 0 Å². The lowest BCUT2D eigenvalue weighted by atomic mass is 10.2. The van der Waals surface area contributed by atoms with Crippen LogP contribution in [0.1, 0.15) is 29.9 Å². The number of aryl methyl sites for hydroxylation is 1. The van der Waals surface area contributed by atoms with Crippen molar-refractivity contribution in [3.63, 3.8) is 0 Å². The van der Waals surface area contributed by atoms with Crippen LogP contribution in [0.2, 0.25) is 0 Å². The average Bonchev–Trinajstić information content (AvgIpc) is 2.76. The Labute approximate surface area is 123 Å². The molecule has 2 heterocycles. The van der Waals surface area contributed by atoms with Crippen LogP contribution >= 0.6 is 0 Å². The second-order valence-electron chi connectivity index (χ2n) is 5.78. The summed E-state index contributed by atoms with van der Waals surface area (Å²) in [5.74, 6) is -1.07. The van der Waals surface area contributed by atoms with Crippen molar-refractivity contribution in [2.45, 2.75) is 38.5 Å². The summed E-state index contributed by atoms with van der Waals surface area (Å²) in [7, 11) is 4.08. The fourth-order valence-corrected chi connectivity index (χ4v) is 2.71. The van der Waals surface area contributed by atoms with Gasteiger partial charge in [-0.1, -0.05) is 0 Å². The summed E-state index contributed by atoms with van der Waals surface area (Å²) in [5, 5.41) is 0. The number of likely N-dealkylation sites (tertiary alicyclic amines) is 1. The zero-order valence-corrected chi connectivity index (χ0v) is 12.6. The molecule has 1 aliphatic heterocycles. The van der Waals surface area contributed by atoms with E-state index in [-0.39, 0.29) is 0 Å². The Balaban J connectivity index is 1.99. The van der Waals surface area contributed by atoms with Gasteiger partial charge in [0.2, 0.25) is 5.82 Å². The Hall–Kier alpha value is -1.21. The Morgan fingerprint density at radius 1 is 1.43 bits per heavy atom. The molecule has 7 heteroatoms. The number of hydrogen-bond donors (Lipinski definition) is 0. The fourth-order valence-electron chi connectivity index (χ4n) is 2.71. The molecule has 1 atom stereocenters. The molecule has 0 aliphatic carbocycles. The summed E-state index contributed by atoms with van der Waals surface area (Å²) in [6.07, 6.45) is -0.817. The SMILES string of the molecule is Cc1nc(C(F)(F)F)ncc1CN(C)CC1CCCN1C. The average molecular weight is 302 g/mol. The molecule has 118 valence electrons. The minimum atomic E-state index is -4.48. The smallest absolute Gasteiger partial charge is 0.302 e. The van der Waals surface area contributed by atoms with E-state index in [4.69, 9.17) is 0 Å². The molecule has 1 unspecified atom stereocenters. The Bertz CT molecular complexity index is 490. The van der Waals surface area contributed by atoms with Gasteiger partial charge in [0.15, 0.2) is 0 Å². The van der Waals surface area contributed by atoms with Crippen LogP contribution in [0.15, 0.2) is 6.20 Å². The second kappa shape index (κ2) is 6.27. The van der Waals surface area contributed by atoms with Crippen LogP contribution < -0.4 is 0 Å². The number of aromatic nitrogens is 2. The molecule has 1 aromatic heterocycles. The number of halogens is 3. The van der Waals surface area contributed by atoms with Crippen molar-refractivity contribution in [1.29, 1.82) is 0 Å². The third kappa shape index (κ3) is 4.14. The van der Waals surface area contributed by atoms with Gasteiger partial charge >= 0.3 is 6.18 Å². The Morgan fingerprint density at radius 2 is 2.14 bits per heavy atom. The van der Waals surface area contributed by atoms with Crippen LogP contribution in [0.3, 0.4) is 0 Å². The lowest BCUT2D eigenvalue weighted by molar-refractivity contribution is -0.145. The quantitative estimate of drug-likeness (QED) is 0.854. The van der Waals surface area contributed by atoms with Crippen molar-refractivity contribution in [3.8, 4) is 0 Å². The minimum absolute atomic E-state index is 0.393. The zero-order chi connectivity index (χ0) is 15.6. The first-order chi connectivity index (χ1) is 9.77. The van der Waals surface area contributed by atoms with Crippen LogP contribution in [0.5, 0.6) is 0 Å². The number of rotatable bonds is 4. The molecule has 0 aromatic carbocycles. The summed E-state index contributed by atoms with van der Waals surface area (Å²) in [6, 6.07) is 0.519. The van der Waals surface area contributed by atoms with E-state index < -0.39 is 12.0 Å². The van der Waals surface area contributed by atoms with E-state index in [2.05, 4.69) is 26.8 Å². The van der Waals surface area contributed by atoms with E-state index in [0.717, 1.165) is 18.7 Å². The van der Waals surface area contributed by atoms with Crippen LogP contribution in [0.4, 0.5) is 13.2 Å². The van der Waals surface area contributed by atoms with Crippen LogP contribution in [0, 0.1) is 6.92 Å². The molecule has 0 bridgehead atoms. The van der Waals surface area contributed by atoms with Crippen LogP contribution in [-0.4, -0.2) is 53.0 Å². The number of nitrogens with zero attached hydrogens (tertiary/aromatic N) is 4. The van der Waals surface area contributed by atoms with Crippen molar-refractivity contribution in [3.05, 3.63) is 23.3 Å². The maximum absolute atomic E-state index is 12.5. The Kier molecular flexibility index (Phi) is 4.83. The van der Waals surface area contributed by atoms with Crippen LogP contribution in [0.25, 0.3) is 0 Å². The largest absolute Gasteiger partial charge is 0.451 e. The van der Waals surface area contributed by atoms with Gasteiger partial charge in [-0.3, -0.25) is 0 Å². The van der Waals surface area contributed by atoms with E-state index in [1.807, 2.05) is 7.05 Å². The lowest BCUT2D eigenvalue weighted by Gasteiger charge is -2.26. The first-order valence-electron chi connectivity index (χ1n) is 7.06. The van der Waals surface area contributed by atoms with Gasteiger partial charge in [0.25, 0.3) is 0 Å². The van der Waals surface area contributed by atoms with Gasteiger partial charge in [0, 0.05) is 36.6 Å². The highest BCUT2D eigenvalue weighted by atomic mass is 19.4. The van der Waals surface area contributed by atoms with Gasteiger partial charge in [-0.05, 0) is 40.4 Å². The standard InChI is InChI=1S/C14H21F3N4/c1-10-11(7-18-13(19-10)14(15,16)17)8-20(2)9-12-5-4-6-21(12)3/h7,12H,4-6,8-9H2,1-3H3. The summed E-state index contributed by atoms with van der Waals surface area (Å²) >= 11 is 0. The van der Waals surface area contributed by atoms with E-state index in [1.165, 1.54) is 19.0 Å². The summed E-state index contributed by atoms with van der Waals surface area (Å²) < 4.78 is 37.6. The molecule has 0 saturated carbocycles. The van der Waals surface area contributed by atoms with E-state index in [1.54, 1.807) is 6.92 Å². The molecule has 0 N–H and O–H groups in total. The van der Waals surface area contributed by atoms with Crippen molar-refractivity contribution < 1.29 is 13.2 Å². The molecule has 1 saturated heterocycles. The zero-order valence-electron chi connectivity index (χ0n) is 12.6. The molecule has 1 aliphatic rings. The van der Waals surface area contributed by atoms with E-state index in [9.17, 15) is 13.2 Å². The van der Waals surface area contributed by atoms with Gasteiger partial charge in [0.05, 0.1) is 0 Å². The van der Waals surface area contributed by atoms with Crippen molar-refractivity contribution in [2.24, 2.45) is 0 Å². The number of likely N-dealkylation sites (N-methyl/N-ethyl adjacent to an activating group) is 2. The molecule has 4 nitrogen and oxygen atoms in total. The predicted molar refractivity (Wildman–Crippen MR) is 73.8 cm³/mol. The molecule has 2 rings (SSSR count). The monoisotopic (exact) mass is 302 g/mol. The molecule has 0 spiro atoms. The summed E-state index contributed by atoms with van der Waals surface area (Å²) in [4.78, 5) is 11.5. The highest BCUT2D eigenvalue weighted by Gasteiger charge is 2.34. The third-order valence-corrected chi connectivity index (χ3v) is 3.97. The fraction of sp³-hybridized carbons (Fsp3) is 0.714. The van der Waals surface area contributed by atoms with Gasteiger partial charge < -0.3 is 9.80 Å². The third-order valence-electron chi connectivity index (χ3n) is 3.97. The summed E-state index contributed by atoms with van der Waals surface area (Å²) in [6.45, 7) is 4.17. The minimum Gasteiger partial charge on any atom is -0.302 e. The Morgan fingerprint density at radius 3 is 2.67 bits per heavy atom. The number of hydrogen-bond acceptors (Lipinski definition) is 4. The van der Waals surface area contributed by atoms with Crippen molar-refractivity contribution in [1.82, 2.24) is 19.8 Å². The maximum Gasteiger partial charge on any atom is 0.451 e. The summed E-state index contributed by atoms with van der Waals surface area (Å²) in [5.41, 5.74) is 1.13. The van der Waals surface area contributed by atoms with E-state index in [0.29, 0.717) is 18.3 Å². The molecule has 0 radical (unpaired) electrons. The predicted octanol–water partition coefficient (Wildman–Crippen LogP) is 2.33. The first-order valence-corrected chi connectivity index (χ1v) is 7.06. The van der Waals surface area contributed by atoms with Gasteiger partial charge in [-0.2, -0.15) is 13.2 Å². The molecule has 1 fully saturated rings. The molecule has 1 aromatic rings. The van der Waals surface area contributed by atoms with Crippen molar-refractivity contribution in [2.75, 3.05) is 27.2 Å². The molecule has 21 heavy (non-hydrogen) atoms. The maximum atomic E-state index is 12.5. The number of alkyl halides is 3. The lowest BCUT2D eigenvalue weighted by Crippen LogP contribution is -2.36. The van der Waals surface area contributed by atoms with E-state index >= 15 is 0 Å². The first kappa shape index (κ1) is 16.2. The highest BCUT2D eigenvalue weighted by Crippen LogP contribution is 2.26. The van der Waals surface area contributed by atoms with Gasteiger partial charge in [-0.25, -0.2) is 9.97 Å². The second-order valence-corrected chi connectivity index (χ2v) is 5.78. The van der Waals surface area contributed by atoms with Gasteiger partial charge in [0.1, 0.15) is 0 Å². The molecule has 0 amide bonds. The van der Waals surface area contributed by atoms with Crippen molar-refractivity contribution >= 4 is 0 Å². The normalized spacial score (nSPS) is 20.4. The van der Waals surface area contributed by atoms with Crippen LogP contribution in [-0.2, 0) is 12.7 Å². The molecular weight excluding hydrogens is 281 g/mol.